The van der Waals surface area contributed by atoms with Crippen LogP contribution < -0.4 is 0 Å². The second kappa shape index (κ2) is 19.4. The summed E-state index contributed by atoms with van der Waals surface area (Å²) >= 11 is 3.71. The molecule has 0 aliphatic heterocycles. The lowest BCUT2D eigenvalue weighted by Crippen LogP contribution is -2.31. The van der Waals surface area contributed by atoms with Crippen LogP contribution >= 0.6 is 22.7 Å². The van der Waals surface area contributed by atoms with Crippen LogP contribution in [-0.4, -0.2) is 9.97 Å². The molecule has 0 saturated carbocycles. The van der Waals surface area contributed by atoms with Gasteiger partial charge in [0, 0.05) is 47.2 Å². The zero-order chi connectivity index (χ0) is 45.2. The Bertz CT molecular complexity index is 2910. The molecule has 0 N–H and O–H groups in total. The van der Waals surface area contributed by atoms with Crippen molar-refractivity contribution < 1.29 is 0 Å². The molecule has 0 spiro atoms. The number of rotatable bonds is 17. The Morgan fingerprint density at radius 2 is 0.892 bits per heavy atom. The molecule has 1 aliphatic carbocycles. The van der Waals surface area contributed by atoms with Crippen molar-refractivity contribution in [3.63, 3.8) is 0 Å². The summed E-state index contributed by atoms with van der Waals surface area (Å²) in [5.41, 5.74) is 19.3. The fourth-order valence-corrected chi connectivity index (χ4v) is 12.7. The third kappa shape index (κ3) is 8.94. The molecule has 5 aromatic carbocycles. The molecule has 0 amide bonds. The molecule has 2 atom stereocenters. The molecular formula is C61H66N2S2. The molecule has 1 aliphatic rings. The molecule has 3 heterocycles. The summed E-state index contributed by atoms with van der Waals surface area (Å²) < 4.78 is 0. The molecule has 0 fully saturated rings. The maximum absolute atomic E-state index is 5.68. The van der Waals surface area contributed by atoms with Crippen molar-refractivity contribution in [1.29, 1.82) is 0 Å². The molecule has 65 heavy (non-hydrogen) atoms. The van der Waals surface area contributed by atoms with Gasteiger partial charge < -0.3 is 0 Å². The minimum atomic E-state index is -0.00106. The number of nitrogens with zero attached hydrogens (tertiary/aromatic N) is 2. The van der Waals surface area contributed by atoms with Crippen LogP contribution in [0, 0.1) is 39.5 Å². The van der Waals surface area contributed by atoms with Crippen LogP contribution in [0.3, 0.4) is 0 Å². The summed E-state index contributed by atoms with van der Waals surface area (Å²) in [6.07, 6.45) is 12.7. The van der Waals surface area contributed by atoms with E-state index in [4.69, 9.17) is 9.97 Å². The van der Waals surface area contributed by atoms with Crippen molar-refractivity contribution >= 4 is 33.7 Å². The molecule has 0 radical (unpaired) electrons. The highest BCUT2D eigenvalue weighted by Gasteiger charge is 2.45. The highest BCUT2D eigenvalue weighted by Crippen LogP contribution is 2.57. The summed E-state index contributed by atoms with van der Waals surface area (Å²) in [5.74, 6) is 1.39. The zero-order valence-electron chi connectivity index (χ0n) is 40.0. The Kier molecular flexibility index (Phi) is 13.4. The van der Waals surface area contributed by atoms with Gasteiger partial charge in [0.05, 0.1) is 22.4 Å². The highest BCUT2D eigenvalue weighted by atomic mass is 32.1. The van der Waals surface area contributed by atoms with Crippen LogP contribution in [0.15, 0.2) is 121 Å². The Labute approximate surface area is 397 Å². The fraction of sp³-hybridized carbons (Fsp3) is 0.344. The van der Waals surface area contributed by atoms with Gasteiger partial charge in [-0.25, -0.2) is 9.97 Å². The predicted molar refractivity (Wildman–Crippen MR) is 283 cm³/mol. The van der Waals surface area contributed by atoms with E-state index in [9.17, 15) is 0 Å². The minimum absolute atomic E-state index is 0.00106. The number of unbranched alkanes of at least 4 members (excludes halogenated alkanes) is 2. The smallest absolute Gasteiger partial charge is 0.0988 e. The van der Waals surface area contributed by atoms with Crippen molar-refractivity contribution in [3.8, 4) is 65.0 Å². The Hall–Kier alpha value is -5.16. The van der Waals surface area contributed by atoms with Crippen molar-refractivity contribution in [2.24, 2.45) is 11.8 Å². The Balaban J connectivity index is 1.21. The van der Waals surface area contributed by atoms with Crippen LogP contribution in [0.4, 0.5) is 0 Å². The van der Waals surface area contributed by atoms with Gasteiger partial charge in [-0.05, 0) is 111 Å². The normalized spacial score (nSPS) is 15.3. The maximum atomic E-state index is 5.68. The van der Waals surface area contributed by atoms with Crippen LogP contribution in [0.1, 0.15) is 125 Å². The van der Waals surface area contributed by atoms with E-state index in [1.807, 2.05) is 22.7 Å². The van der Waals surface area contributed by atoms with Gasteiger partial charge in [-0.3, -0.25) is 0 Å². The number of hydrogen-bond donors (Lipinski definition) is 0. The van der Waals surface area contributed by atoms with Gasteiger partial charge in [0.15, 0.2) is 0 Å². The quantitative estimate of drug-likeness (QED) is 0.0910. The number of aromatic nitrogens is 2. The van der Waals surface area contributed by atoms with Gasteiger partial charge in [0.2, 0.25) is 0 Å². The Morgan fingerprint density at radius 3 is 1.40 bits per heavy atom. The van der Waals surface area contributed by atoms with Crippen molar-refractivity contribution in [2.45, 2.75) is 125 Å². The zero-order valence-corrected chi connectivity index (χ0v) is 41.6. The highest BCUT2D eigenvalue weighted by molar-refractivity contribution is 7.19. The van der Waals surface area contributed by atoms with Crippen molar-refractivity contribution in [2.75, 3.05) is 0 Å². The van der Waals surface area contributed by atoms with E-state index in [-0.39, 0.29) is 5.41 Å². The van der Waals surface area contributed by atoms with E-state index in [0.29, 0.717) is 11.8 Å². The third-order valence-corrected chi connectivity index (χ3v) is 16.7. The monoisotopic (exact) mass is 890 g/mol. The van der Waals surface area contributed by atoms with Crippen LogP contribution in [0.25, 0.3) is 76.0 Å². The van der Waals surface area contributed by atoms with E-state index in [2.05, 4.69) is 177 Å². The topological polar surface area (TPSA) is 25.8 Å². The first-order valence-corrected chi connectivity index (χ1v) is 26.2. The molecule has 0 saturated heterocycles. The Morgan fingerprint density at radius 1 is 0.446 bits per heavy atom. The molecule has 2 unspecified atom stereocenters. The molecule has 2 nitrogen and oxygen atoms in total. The van der Waals surface area contributed by atoms with Crippen molar-refractivity contribution in [1.82, 2.24) is 9.97 Å². The van der Waals surface area contributed by atoms with Gasteiger partial charge in [-0.15, -0.1) is 22.7 Å². The molecule has 332 valence electrons. The summed E-state index contributed by atoms with van der Waals surface area (Å²) in [4.78, 5) is 16.3. The minimum Gasteiger partial charge on any atom is -0.243 e. The summed E-state index contributed by atoms with van der Waals surface area (Å²) in [6.45, 7) is 18.3. The number of benzene rings is 5. The lowest BCUT2D eigenvalue weighted by atomic mass is 9.65. The molecular weight excluding hydrogens is 825 g/mol. The van der Waals surface area contributed by atoms with E-state index in [1.165, 1.54) is 117 Å². The largest absolute Gasteiger partial charge is 0.243 e. The second-order valence-corrected chi connectivity index (χ2v) is 21.6. The summed E-state index contributed by atoms with van der Waals surface area (Å²) in [6, 6.07) is 46.1. The SMILES string of the molecule is CCCCC(CC)CC1(CC(CC)CCCC)c2cc(C)ccc2-c2ccc(-c3ccc(-c4ccc(-c5ccc(C)s5)c5nc(-c6ccc(C)cc6)c(-c6ccc(C)cc6)nc45)s3)cc21. The second-order valence-electron chi connectivity index (χ2n) is 19.2. The van der Waals surface area contributed by atoms with Crippen molar-refractivity contribution in [3.05, 3.63) is 154 Å². The standard InChI is InChI=1S/C61H66N2S2/c1-9-13-15-43(11-3)37-61(38-44(12-4)16-14-10-2)52-35-41(7)21-28-48(52)49-29-27-47(36-53(49)61)54-33-34-56(65-54)51-31-30-50(55-32-22-42(8)64-55)59-60(51)63-58(46-25-19-40(6)20-26-46)57(62-59)45-23-17-39(5)18-24-45/h17-36,43-44H,9-16,37-38H2,1-8H3. The van der Waals surface area contributed by atoms with E-state index < -0.39 is 0 Å². The van der Waals surface area contributed by atoms with Gasteiger partial charge >= 0.3 is 0 Å². The maximum Gasteiger partial charge on any atom is 0.0988 e. The van der Waals surface area contributed by atoms with Crippen LogP contribution in [-0.2, 0) is 5.41 Å². The average molecular weight is 891 g/mol. The van der Waals surface area contributed by atoms with E-state index in [1.54, 1.807) is 11.1 Å². The van der Waals surface area contributed by atoms with E-state index in [0.717, 1.165) is 44.7 Å². The summed E-state index contributed by atoms with van der Waals surface area (Å²) in [5, 5.41) is 0. The lowest BCUT2D eigenvalue weighted by molar-refractivity contribution is 0.266. The number of hydrogen-bond acceptors (Lipinski definition) is 4. The lowest BCUT2D eigenvalue weighted by Gasteiger charge is -2.39. The van der Waals surface area contributed by atoms with Gasteiger partial charge in [0.25, 0.3) is 0 Å². The van der Waals surface area contributed by atoms with Gasteiger partial charge in [-0.1, -0.05) is 187 Å². The van der Waals surface area contributed by atoms with Gasteiger partial charge in [-0.2, -0.15) is 0 Å². The number of aryl methyl sites for hydroxylation is 4. The van der Waals surface area contributed by atoms with E-state index >= 15 is 0 Å². The summed E-state index contributed by atoms with van der Waals surface area (Å²) in [7, 11) is 0. The van der Waals surface area contributed by atoms with Gasteiger partial charge in [0.1, 0.15) is 0 Å². The number of fused-ring (bicyclic) bond motifs is 4. The predicted octanol–water partition coefficient (Wildman–Crippen LogP) is 18.8. The first-order valence-electron chi connectivity index (χ1n) is 24.5. The number of thiophene rings is 2. The molecule has 0 bridgehead atoms. The van der Waals surface area contributed by atoms with Crippen LogP contribution in [0.2, 0.25) is 0 Å². The first-order chi connectivity index (χ1) is 31.6. The fourth-order valence-electron chi connectivity index (χ4n) is 10.7. The molecule has 3 aromatic heterocycles. The average Bonchev–Trinajstić information content (AvgIpc) is 4.06. The van der Waals surface area contributed by atoms with Crippen LogP contribution in [0.5, 0.6) is 0 Å². The first kappa shape index (κ1) is 45.0. The molecule has 8 aromatic rings. The molecule has 4 heteroatoms. The molecule has 9 rings (SSSR count). The third-order valence-electron chi connectivity index (χ3n) is 14.5.